The number of hydrogen-bond donors (Lipinski definition) is 1. The van der Waals surface area contributed by atoms with Crippen LogP contribution in [0.5, 0.6) is 5.75 Å². The molecule has 1 saturated heterocycles. The molecule has 2 nitrogen and oxygen atoms in total. The maximum Gasteiger partial charge on any atom is 0.403 e. The topological polar surface area (TPSA) is 21.3 Å². The third-order valence-electron chi connectivity index (χ3n) is 3.54. The van der Waals surface area contributed by atoms with E-state index in [1.54, 1.807) is 0 Å². The van der Waals surface area contributed by atoms with Crippen LogP contribution in [-0.2, 0) is 0 Å². The van der Waals surface area contributed by atoms with Crippen molar-refractivity contribution in [2.24, 2.45) is 0 Å². The molecule has 2 atom stereocenters. The van der Waals surface area contributed by atoms with Gasteiger partial charge in [0, 0.05) is 6.04 Å². The summed E-state index contributed by atoms with van der Waals surface area (Å²) in [6.45, 7) is 2.68. The summed E-state index contributed by atoms with van der Waals surface area (Å²) in [4.78, 5) is 0. The molecule has 1 heterocycles. The zero-order valence-electron chi connectivity index (χ0n) is 11.5. The van der Waals surface area contributed by atoms with Gasteiger partial charge < -0.3 is 4.74 Å². The molecule has 0 aliphatic carbocycles. The number of alkyl halides is 3. The molecule has 0 bridgehead atoms. The fourth-order valence-corrected chi connectivity index (χ4v) is 2.47. The zero-order valence-corrected chi connectivity index (χ0v) is 11.5. The van der Waals surface area contributed by atoms with Crippen molar-refractivity contribution in [3.8, 4) is 5.75 Å². The highest BCUT2D eigenvalue weighted by atomic mass is 19.4. The van der Waals surface area contributed by atoms with Crippen LogP contribution in [-0.4, -0.2) is 18.8 Å². The Morgan fingerprint density at radius 1 is 1.20 bits per heavy atom. The van der Waals surface area contributed by atoms with Crippen LogP contribution in [0, 0.1) is 0 Å². The summed E-state index contributed by atoms with van der Waals surface area (Å²) in [7, 11) is 0. The van der Waals surface area contributed by atoms with Gasteiger partial charge in [0.2, 0.25) is 0 Å². The smallest absolute Gasteiger partial charge is 0.403 e. The molecular weight excluding hydrogens is 267 g/mol. The molecule has 1 N–H and O–H groups in total. The van der Waals surface area contributed by atoms with E-state index in [1.807, 2.05) is 31.2 Å². The Morgan fingerprint density at radius 2 is 1.90 bits per heavy atom. The van der Waals surface area contributed by atoms with Crippen molar-refractivity contribution in [2.45, 2.75) is 50.9 Å². The van der Waals surface area contributed by atoms with Gasteiger partial charge in [0.25, 0.3) is 0 Å². The summed E-state index contributed by atoms with van der Waals surface area (Å²) in [5, 5.41) is 2.71. The molecule has 0 amide bonds. The second kappa shape index (κ2) is 6.48. The minimum Gasteiger partial charge on any atom is -0.494 e. The van der Waals surface area contributed by atoms with Gasteiger partial charge in [-0.3, -0.25) is 5.32 Å². The monoisotopic (exact) mass is 287 g/mol. The third-order valence-corrected chi connectivity index (χ3v) is 3.54. The molecular formula is C15H20F3NO. The van der Waals surface area contributed by atoms with Crippen molar-refractivity contribution < 1.29 is 17.9 Å². The Bertz CT molecular complexity index is 416. The van der Waals surface area contributed by atoms with Crippen molar-refractivity contribution in [1.29, 1.82) is 0 Å². The number of rotatable bonds is 4. The maximum atomic E-state index is 12.8. The maximum absolute atomic E-state index is 12.8. The van der Waals surface area contributed by atoms with Gasteiger partial charge in [-0.1, -0.05) is 19.1 Å². The van der Waals surface area contributed by atoms with Crippen molar-refractivity contribution >= 4 is 0 Å². The van der Waals surface area contributed by atoms with Crippen LogP contribution in [0.4, 0.5) is 13.2 Å². The Kier molecular flexibility index (Phi) is 4.91. The van der Waals surface area contributed by atoms with E-state index < -0.39 is 12.2 Å². The summed E-state index contributed by atoms with van der Waals surface area (Å²) in [6, 6.07) is 5.73. The number of benzene rings is 1. The summed E-state index contributed by atoms with van der Waals surface area (Å²) < 4.78 is 43.7. The number of ether oxygens (including phenoxy) is 1. The molecule has 0 saturated carbocycles. The molecule has 1 aliphatic heterocycles. The second-order valence-electron chi connectivity index (χ2n) is 5.16. The minimum absolute atomic E-state index is 0.164. The average Bonchev–Trinajstić information content (AvgIpc) is 2.45. The van der Waals surface area contributed by atoms with Crippen LogP contribution in [0.3, 0.4) is 0 Å². The predicted molar refractivity (Wildman–Crippen MR) is 71.8 cm³/mol. The lowest BCUT2D eigenvalue weighted by Crippen LogP contribution is -2.46. The van der Waals surface area contributed by atoms with E-state index in [9.17, 15) is 13.2 Å². The third kappa shape index (κ3) is 3.88. The van der Waals surface area contributed by atoms with Gasteiger partial charge in [0.05, 0.1) is 6.61 Å². The van der Waals surface area contributed by atoms with E-state index in [-0.39, 0.29) is 12.5 Å². The van der Waals surface area contributed by atoms with Gasteiger partial charge in [0.1, 0.15) is 11.8 Å². The molecule has 1 aliphatic rings. The standard InChI is InChI=1S/C15H20F3NO/c1-2-10-20-12-8-6-11(7-9-12)13-4-3-5-14(19-13)15(16,17)18/h6-9,13-14,19H,2-5,10H2,1H3. The van der Waals surface area contributed by atoms with Crippen molar-refractivity contribution in [1.82, 2.24) is 5.32 Å². The number of hydrogen-bond acceptors (Lipinski definition) is 2. The largest absolute Gasteiger partial charge is 0.494 e. The van der Waals surface area contributed by atoms with Gasteiger partial charge in [0.15, 0.2) is 0 Å². The minimum atomic E-state index is -4.16. The molecule has 20 heavy (non-hydrogen) atoms. The van der Waals surface area contributed by atoms with Crippen molar-refractivity contribution in [3.05, 3.63) is 29.8 Å². The second-order valence-corrected chi connectivity index (χ2v) is 5.16. The first-order valence-corrected chi connectivity index (χ1v) is 7.06. The van der Waals surface area contributed by atoms with Crippen LogP contribution in [0.2, 0.25) is 0 Å². The Morgan fingerprint density at radius 3 is 2.50 bits per heavy atom. The first kappa shape index (κ1) is 15.2. The van der Waals surface area contributed by atoms with Gasteiger partial charge in [-0.2, -0.15) is 13.2 Å². The lowest BCUT2D eigenvalue weighted by Gasteiger charge is -2.32. The van der Waals surface area contributed by atoms with E-state index >= 15 is 0 Å². The molecule has 1 aromatic rings. The average molecular weight is 287 g/mol. The molecule has 0 spiro atoms. The summed E-state index contributed by atoms with van der Waals surface area (Å²) >= 11 is 0. The van der Waals surface area contributed by atoms with Crippen molar-refractivity contribution in [2.75, 3.05) is 6.61 Å². The Hall–Kier alpha value is -1.23. The summed E-state index contributed by atoms with van der Waals surface area (Å²) in [5.41, 5.74) is 0.891. The number of piperidine rings is 1. The molecule has 2 unspecified atom stereocenters. The molecule has 112 valence electrons. The molecule has 1 fully saturated rings. The SMILES string of the molecule is CCCOc1ccc(C2CCCC(C(F)(F)F)N2)cc1. The van der Waals surface area contributed by atoms with E-state index in [0.717, 1.165) is 24.2 Å². The lowest BCUT2D eigenvalue weighted by molar-refractivity contribution is -0.163. The normalized spacial score (nSPS) is 23.6. The molecule has 0 radical (unpaired) electrons. The van der Waals surface area contributed by atoms with Crippen molar-refractivity contribution in [3.63, 3.8) is 0 Å². The van der Waals surface area contributed by atoms with E-state index in [1.165, 1.54) is 0 Å². The number of nitrogens with one attached hydrogen (secondary N) is 1. The van der Waals surface area contributed by atoms with Gasteiger partial charge >= 0.3 is 6.18 Å². The molecule has 2 rings (SSSR count). The molecule has 1 aromatic carbocycles. The van der Waals surface area contributed by atoms with Crippen LogP contribution in [0.1, 0.15) is 44.2 Å². The van der Waals surface area contributed by atoms with Crippen LogP contribution in [0.15, 0.2) is 24.3 Å². The Labute approximate surface area is 117 Å². The fourth-order valence-electron chi connectivity index (χ4n) is 2.47. The van der Waals surface area contributed by atoms with Crippen LogP contribution >= 0.6 is 0 Å². The molecule has 5 heteroatoms. The highest BCUT2D eigenvalue weighted by Gasteiger charge is 2.42. The van der Waals surface area contributed by atoms with E-state index in [0.29, 0.717) is 13.0 Å². The summed E-state index contributed by atoms with van der Waals surface area (Å²) in [5.74, 6) is 0.763. The molecule has 0 aromatic heterocycles. The van der Waals surface area contributed by atoms with Gasteiger partial charge in [-0.25, -0.2) is 0 Å². The number of halogens is 3. The van der Waals surface area contributed by atoms with Gasteiger partial charge in [-0.05, 0) is 43.4 Å². The predicted octanol–water partition coefficient (Wildman–Crippen LogP) is 4.22. The van der Waals surface area contributed by atoms with E-state index in [4.69, 9.17) is 4.74 Å². The quantitative estimate of drug-likeness (QED) is 0.895. The Balaban J connectivity index is 2.00. The highest BCUT2D eigenvalue weighted by Crippen LogP contribution is 2.33. The van der Waals surface area contributed by atoms with E-state index in [2.05, 4.69) is 5.32 Å². The summed E-state index contributed by atoms with van der Waals surface area (Å²) in [6.07, 6.45) is -1.74. The van der Waals surface area contributed by atoms with Gasteiger partial charge in [-0.15, -0.1) is 0 Å². The fraction of sp³-hybridized carbons (Fsp3) is 0.600. The highest BCUT2D eigenvalue weighted by molar-refractivity contribution is 5.29. The first-order valence-electron chi connectivity index (χ1n) is 7.06. The van der Waals surface area contributed by atoms with Crippen LogP contribution < -0.4 is 10.1 Å². The zero-order chi connectivity index (χ0) is 14.6. The van der Waals surface area contributed by atoms with Crippen LogP contribution in [0.25, 0.3) is 0 Å². The lowest BCUT2D eigenvalue weighted by atomic mass is 9.93. The first-order chi connectivity index (χ1) is 9.50.